The predicted molar refractivity (Wildman–Crippen MR) is 91.5 cm³/mol. The van der Waals surface area contributed by atoms with E-state index in [1.165, 1.54) is 11.3 Å². The van der Waals surface area contributed by atoms with Gasteiger partial charge < -0.3 is 5.73 Å². The summed E-state index contributed by atoms with van der Waals surface area (Å²) in [7, 11) is 0. The molecule has 4 rings (SSSR count). The molecule has 23 heavy (non-hydrogen) atoms. The van der Waals surface area contributed by atoms with Gasteiger partial charge in [0, 0.05) is 22.0 Å². The minimum Gasteiger partial charge on any atom is -0.382 e. The molecule has 0 fully saturated rings. The topological polar surface area (TPSA) is 82.0 Å². The Kier molecular flexibility index (Phi) is 3.24. The second-order valence-corrected chi connectivity index (χ2v) is 6.33. The highest BCUT2D eigenvalue weighted by atomic mass is 35.5. The van der Waals surface area contributed by atoms with Crippen LogP contribution in [0.25, 0.3) is 27.6 Å². The average molecular weight is 343 g/mol. The van der Waals surface area contributed by atoms with Gasteiger partial charge in [0.2, 0.25) is 0 Å². The molecule has 0 radical (unpaired) electrons. The molecule has 0 saturated carbocycles. The number of rotatable bonds is 2. The summed E-state index contributed by atoms with van der Waals surface area (Å²) in [6.07, 6.45) is 0. The molecule has 0 bridgehead atoms. The summed E-state index contributed by atoms with van der Waals surface area (Å²) in [6.45, 7) is 1.88. The molecule has 0 aliphatic carbocycles. The number of anilines is 1. The van der Waals surface area contributed by atoms with Crippen LogP contribution in [0.3, 0.4) is 0 Å². The van der Waals surface area contributed by atoms with E-state index in [1.807, 2.05) is 42.6 Å². The zero-order valence-corrected chi connectivity index (χ0v) is 13.6. The number of hydrogen-bond donors (Lipinski definition) is 1. The molecule has 4 aromatic rings. The molecule has 3 aromatic heterocycles. The quantitative estimate of drug-likeness (QED) is 0.603. The van der Waals surface area contributed by atoms with Crippen LogP contribution in [-0.2, 0) is 0 Å². The lowest BCUT2D eigenvalue weighted by atomic mass is 10.2. The molecule has 2 N–H and O–H groups in total. The number of halogens is 1. The third-order valence-corrected chi connectivity index (χ3v) is 4.48. The van der Waals surface area contributed by atoms with Gasteiger partial charge >= 0.3 is 0 Å². The molecule has 1 aromatic carbocycles. The van der Waals surface area contributed by atoms with Crippen molar-refractivity contribution in [2.45, 2.75) is 6.92 Å². The molecule has 0 amide bonds. The van der Waals surface area contributed by atoms with E-state index in [0.29, 0.717) is 27.2 Å². The maximum atomic E-state index is 6.18. The standard InChI is InChI=1S/C15H11ClN6S/c1-8-6-12-19-20-13(14(17)22(12)21-8)15-18-11(7-23-15)9-2-4-10(16)5-3-9/h2-7H,17H2,1H3. The fourth-order valence-electron chi connectivity index (χ4n) is 2.28. The van der Waals surface area contributed by atoms with Crippen LogP contribution in [0.5, 0.6) is 0 Å². The first kappa shape index (κ1) is 14.1. The van der Waals surface area contributed by atoms with E-state index in [2.05, 4.69) is 20.3 Å². The van der Waals surface area contributed by atoms with E-state index >= 15 is 0 Å². The Morgan fingerprint density at radius 3 is 2.74 bits per heavy atom. The van der Waals surface area contributed by atoms with Gasteiger partial charge in [-0.1, -0.05) is 23.7 Å². The highest BCUT2D eigenvalue weighted by Crippen LogP contribution is 2.31. The number of nitrogens with two attached hydrogens (primary N) is 1. The average Bonchev–Trinajstić information content (AvgIpc) is 3.15. The summed E-state index contributed by atoms with van der Waals surface area (Å²) in [6, 6.07) is 9.35. The third-order valence-electron chi connectivity index (χ3n) is 3.38. The van der Waals surface area contributed by atoms with Crippen molar-refractivity contribution in [1.82, 2.24) is 24.8 Å². The van der Waals surface area contributed by atoms with E-state index in [-0.39, 0.29) is 0 Å². The predicted octanol–water partition coefficient (Wildman–Crippen LogP) is 3.46. The van der Waals surface area contributed by atoms with E-state index in [4.69, 9.17) is 17.3 Å². The van der Waals surface area contributed by atoms with Gasteiger partial charge in [-0.3, -0.25) is 0 Å². The number of benzene rings is 1. The molecule has 114 valence electrons. The summed E-state index contributed by atoms with van der Waals surface area (Å²) < 4.78 is 1.58. The Balaban J connectivity index is 1.79. The second kappa shape index (κ2) is 5.29. The molecule has 0 spiro atoms. The maximum absolute atomic E-state index is 6.18. The summed E-state index contributed by atoms with van der Waals surface area (Å²) in [5.74, 6) is 0.431. The van der Waals surface area contributed by atoms with E-state index in [9.17, 15) is 0 Å². The highest BCUT2D eigenvalue weighted by molar-refractivity contribution is 7.13. The number of nitrogens with zero attached hydrogens (tertiary/aromatic N) is 5. The van der Waals surface area contributed by atoms with Crippen molar-refractivity contribution in [3.05, 3.63) is 46.4 Å². The van der Waals surface area contributed by atoms with Gasteiger partial charge in [-0.05, 0) is 19.1 Å². The van der Waals surface area contributed by atoms with Crippen LogP contribution in [0.1, 0.15) is 5.69 Å². The van der Waals surface area contributed by atoms with Gasteiger partial charge in [-0.2, -0.15) is 9.61 Å². The molecule has 0 aliphatic heterocycles. The molecule has 3 heterocycles. The Morgan fingerprint density at radius 2 is 1.96 bits per heavy atom. The summed E-state index contributed by atoms with van der Waals surface area (Å²) >= 11 is 7.38. The van der Waals surface area contributed by atoms with Crippen LogP contribution in [0.2, 0.25) is 5.02 Å². The van der Waals surface area contributed by atoms with Gasteiger partial charge in [0.05, 0.1) is 11.4 Å². The van der Waals surface area contributed by atoms with E-state index in [1.54, 1.807) is 4.52 Å². The first-order chi connectivity index (χ1) is 11.1. The van der Waals surface area contributed by atoms with Crippen molar-refractivity contribution in [3.63, 3.8) is 0 Å². The van der Waals surface area contributed by atoms with Gasteiger partial charge in [0.1, 0.15) is 5.01 Å². The van der Waals surface area contributed by atoms with Crippen LogP contribution in [0, 0.1) is 6.92 Å². The Morgan fingerprint density at radius 1 is 1.17 bits per heavy atom. The molecular weight excluding hydrogens is 332 g/mol. The minimum atomic E-state index is 0.431. The van der Waals surface area contributed by atoms with Crippen molar-refractivity contribution < 1.29 is 0 Å². The molecule has 0 saturated heterocycles. The zero-order chi connectivity index (χ0) is 16.0. The first-order valence-corrected chi connectivity index (χ1v) is 8.08. The van der Waals surface area contributed by atoms with Crippen molar-refractivity contribution in [2.24, 2.45) is 0 Å². The monoisotopic (exact) mass is 342 g/mol. The SMILES string of the molecule is Cc1cc2nnc(-c3nc(-c4ccc(Cl)cc4)cs3)c(N)n2n1. The molecule has 0 atom stereocenters. The van der Waals surface area contributed by atoms with Crippen LogP contribution < -0.4 is 5.73 Å². The number of nitrogen functional groups attached to an aromatic ring is 1. The third kappa shape index (κ3) is 2.43. The maximum Gasteiger partial charge on any atom is 0.179 e. The zero-order valence-electron chi connectivity index (χ0n) is 12.1. The second-order valence-electron chi connectivity index (χ2n) is 5.03. The highest BCUT2D eigenvalue weighted by Gasteiger charge is 2.15. The normalized spacial score (nSPS) is 11.2. The fraction of sp³-hybridized carbons (Fsp3) is 0.0667. The van der Waals surface area contributed by atoms with Crippen LogP contribution >= 0.6 is 22.9 Å². The minimum absolute atomic E-state index is 0.431. The van der Waals surface area contributed by atoms with Crippen molar-refractivity contribution in [1.29, 1.82) is 0 Å². The van der Waals surface area contributed by atoms with Crippen LogP contribution in [0.4, 0.5) is 5.82 Å². The van der Waals surface area contributed by atoms with Gasteiger partial charge in [0.15, 0.2) is 17.2 Å². The van der Waals surface area contributed by atoms with E-state index in [0.717, 1.165) is 17.0 Å². The summed E-state index contributed by atoms with van der Waals surface area (Å²) in [5, 5.41) is 16.0. The van der Waals surface area contributed by atoms with Gasteiger partial charge in [-0.25, -0.2) is 4.98 Å². The number of aromatic nitrogens is 5. The molecular formula is C15H11ClN6S. The van der Waals surface area contributed by atoms with E-state index < -0.39 is 0 Å². The smallest absolute Gasteiger partial charge is 0.179 e. The summed E-state index contributed by atoms with van der Waals surface area (Å²) in [5.41, 5.74) is 10.0. The number of aryl methyl sites for hydroxylation is 1. The molecule has 0 aliphatic rings. The van der Waals surface area contributed by atoms with Crippen molar-refractivity contribution in [3.8, 4) is 22.0 Å². The fourth-order valence-corrected chi connectivity index (χ4v) is 3.22. The van der Waals surface area contributed by atoms with Crippen molar-refractivity contribution in [2.75, 3.05) is 5.73 Å². The molecule has 8 heteroatoms. The lowest BCUT2D eigenvalue weighted by Gasteiger charge is -2.02. The largest absolute Gasteiger partial charge is 0.382 e. The number of fused-ring (bicyclic) bond motifs is 1. The van der Waals surface area contributed by atoms with Crippen molar-refractivity contribution >= 4 is 34.4 Å². The number of thiazole rings is 1. The summed E-state index contributed by atoms with van der Waals surface area (Å²) in [4.78, 5) is 4.61. The Hall–Kier alpha value is -2.51. The Bertz CT molecular complexity index is 1000. The lowest BCUT2D eigenvalue weighted by Crippen LogP contribution is -2.05. The Labute approximate surface area is 140 Å². The van der Waals surface area contributed by atoms with Gasteiger partial charge in [0.25, 0.3) is 0 Å². The number of hydrogen-bond acceptors (Lipinski definition) is 6. The molecule has 0 unspecified atom stereocenters. The van der Waals surface area contributed by atoms with Gasteiger partial charge in [-0.15, -0.1) is 21.5 Å². The first-order valence-electron chi connectivity index (χ1n) is 6.82. The van der Waals surface area contributed by atoms with Crippen LogP contribution in [-0.4, -0.2) is 24.8 Å². The molecule has 6 nitrogen and oxygen atoms in total. The lowest BCUT2D eigenvalue weighted by molar-refractivity contribution is 0.892. The van der Waals surface area contributed by atoms with Crippen LogP contribution in [0.15, 0.2) is 35.7 Å².